The molecule has 0 N–H and O–H groups in total. The van der Waals surface area contributed by atoms with Crippen LogP contribution >= 0.6 is 0 Å². The minimum absolute atomic E-state index is 0.00745. The molecule has 422 valence electrons. The number of rotatable bonds is 10. The van der Waals surface area contributed by atoms with Crippen LogP contribution in [0.4, 0.5) is 51.2 Å². The highest BCUT2D eigenvalue weighted by Crippen LogP contribution is 2.58. The monoisotopic (exact) mass is 1090 g/mol. The van der Waals surface area contributed by atoms with E-state index in [4.69, 9.17) is 4.42 Å². The molecule has 0 bridgehead atoms. The fourth-order valence-corrected chi connectivity index (χ4v) is 15.1. The Labute approximate surface area is 497 Å². The number of hydrogen-bond donors (Lipinski definition) is 0. The molecule has 1 aromatic heterocycles. The first-order valence-electron chi connectivity index (χ1n) is 31.2. The molecule has 83 heavy (non-hydrogen) atoms. The highest BCUT2D eigenvalue weighted by Gasteiger charge is 2.50. The van der Waals surface area contributed by atoms with Crippen LogP contribution in [0.2, 0.25) is 0 Å². The Morgan fingerprint density at radius 2 is 1.17 bits per heavy atom. The SMILES string of the molecule is CCCCC(C)(C)c1cc2oc3c(c2cc1CC)N(c1ccc2c(c1)C(C)(C)CCC2(C)C)c1cc(N(c2ccccc2)c2ccccc2)cc2c1B3c1cc(C(C)(C)C)ccc1N2c1cccc2c1-c1ccc(C(C)(C)C)cc1C2(C)C. The first-order chi connectivity index (χ1) is 39.3. The molecule has 0 amide bonds. The first kappa shape index (κ1) is 55.0. The van der Waals surface area contributed by atoms with Gasteiger partial charge in [0.1, 0.15) is 5.58 Å². The summed E-state index contributed by atoms with van der Waals surface area (Å²) in [6, 6.07) is 61.4. The number of nitrogens with zero attached hydrogens (tertiary/aromatic N) is 3. The van der Waals surface area contributed by atoms with Gasteiger partial charge in [0.05, 0.1) is 22.7 Å². The van der Waals surface area contributed by atoms with Crippen LogP contribution in [0, 0.1) is 0 Å². The Morgan fingerprint density at radius 1 is 0.542 bits per heavy atom. The number of fused-ring (bicyclic) bond motifs is 10. The number of aryl methyl sites for hydroxylation is 1. The van der Waals surface area contributed by atoms with Crippen LogP contribution in [0.3, 0.4) is 0 Å². The molecule has 5 heteroatoms. The molecule has 9 aromatic rings. The van der Waals surface area contributed by atoms with Crippen LogP contribution in [0.15, 0.2) is 162 Å². The van der Waals surface area contributed by atoms with Crippen molar-refractivity contribution in [1.82, 2.24) is 0 Å². The minimum atomic E-state index is -0.229. The zero-order valence-electron chi connectivity index (χ0n) is 52.6. The normalized spacial score (nSPS) is 16.3. The minimum Gasteiger partial charge on any atom is -0.468 e. The van der Waals surface area contributed by atoms with Crippen LogP contribution in [-0.2, 0) is 38.9 Å². The molecule has 3 heterocycles. The molecule has 2 aliphatic heterocycles. The predicted octanol–water partition coefficient (Wildman–Crippen LogP) is 20.3. The van der Waals surface area contributed by atoms with E-state index in [-0.39, 0.29) is 39.2 Å². The Balaban J connectivity index is 1.20. The van der Waals surface area contributed by atoms with Gasteiger partial charge in [0.15, 0.2) is 0 Å². The Hall–Kier alpha value is -7.24. The summed E-state index contributed by atoms with van der Waals surface area (Å²) in [6.07, 6.45) is 6.70. The van der Waals surface area contributed by atoms with Crippen molar-refractivity contribution in [3.63, 3.8) is 0 Å². The number of benzene rings is 8. The molecule has 4 nitrogen and oxygen atoms in total. The van der Waals surface area contributed by atoms with E-state index in [0.717, 1.165) is 65.4 Å². The highest BCUT2D eigenvalue weighted by atomic mass is 16.3. The summed E-state index contributed by atoms with van der Waals surface area (Å²) >= 11 is 0. The molecule has 13 rings (SSSR count). The summed E-state index contributed by atoms with van der Waals surface area (Å²) in [4.78, 5) is 7.81. The summed E-state index contributed by atoms with van der Waals surface area (Å²) in [5.74, 6) is 0. The van der Waals surface area contributed by atoms with E-state index >= 15 is 0 Å². The van der Waals surface area contributed by atoms with Crippen LogP contribution in [-0.4, -0.2) is 6.71 Å². The standard InChI is InChI=1S/C78H86BN3O/c1-17-19-39-75(9,10)60-48-68-57(42-49(60)18-2)71-72(83-68)79-63-44-51(74(6,7)8)34-38-64(63)82(65-32-26-31-59-69(65)56-36-33-50(73(3,4)5)43-61(56)78(59,15)16)67-47-55(80(52-27-22-20-23-28-52)53-29-24-21-25-30-53)46-66(70(67)79)81(71)54-35-37-58-62(45-54)77(13,14)41-40-76(58,11)12/h20-38,42-48H,17-19,39-41H2,1-16H3. The first-order valence-corrected chi connectivity index (χ1v) is 31.2. The summed E-state index contributed by atoms with van der Waals surface area (Å²) in [5, 5.41) is 1.18. The van der Waals surface area contributed by atoms with Crippen LogP contribution in [0.5, 0.6) is 0 Å². The second-order valence-corrected chi connectivity index (χ2v) is 29.5. The van der Waals surface area contributed by atoms with E-state index in [1.807, 2.05) is 0 Å². The summed E-state index contributed by atoms with van der Waals surface area (Å²) < 4.78 is 7.87. The molecule has 2 aliphatic carbocycles. The largest absolute Gasteiger partial charge is 0.468 e. The van der Waals surface area contributed by atoms with Gasteiger partial charge in [0, 0.05) is 50.5 Å². The zero-order chi connectivity index (χ0) is 58.5. The molecule has 4 aliphatic rings. The van der Waals surface area contributed by atoms with Crippen molar-refractivity contribution < 1.29 is 4.42 Å². The van der Waals surface area contributed by atoms with Gasteiger partial charge in [-0.2, -0.15) is 0 Å². The van der Waals surface area contributed by atoms with Crippen molar-refractivity contribution in [1.29, 1.82) is 0 Å². The fraction of sp³-hybridized carbons (Fsp3) is 0.359. The average molecular weight is 1090 g/mol. The maximum atomic E-state index is 7.87. The fourth-order valence-electron chi connectivity index (χ4n) is 15.1. The Kier molecular flexibility index (Phi) is 12.7. The molecule has 0 fully saturated rings. The van der Waals surface area contributed by atoms with Gasteiger partial charge in [-0.15, -0.1) is 0 Å². The predicted molar refractivity (Wildman–Crippen MR) is 357 cm³/mol. The summed E-state index contributed by atoms with van der Waals surface area (Å²) in [6.45, 7) is 38.1. The van der Waals surface area contributed by atoms with Crippen molar-refractivity contribution in [3.05, 3.63) is 202 Å². The highest BCUT2D eigenvalue weighted by molar-refractivity contribution is 7.00. The number of anilines is 9. The van der Waals surface area contributed by atoms with Crippen LogP contribution in [0.1, 0.15) is 187 Å². The van der Waals surface area contributed by atoms with Gasteiger partial charge < -0.3 is 19.1 Å². The van der Waals surface area contributed by atoms with Crippen LogP contribution < -0.4 is 31.3 Å². The lowest BCUT2D eigenvalue weighted by Crippen LogP contribution is -2.61. The van der Waals surface area contributed by atoms with Gasteiger partial charge in [-0.3, -0.25) is 0 Å². The zero-order valence-corrected chi connectivity index (χ0v) is 52.6. The maximum Gasteiger partial charge on any atom is 0.297 e. The third-order valence-electron chi connectivity index (χ3n) is 20.2. The van der Waals surface area contributed by atoms with E-state index in [1.165, 1.54) is 108 Å². The molecule has 0 saturated carbocycles. The van der Waals surface area contributed by atoms with E-state index in [0.29, 0.717) is 0 Å². The summed E-state index contributed by atoms with van der Waals surface area (Å²) in [5.41, 5.74) is 28.2. The summed E-state index contributed by atoms with van der Waals surface area (Å²) in [7, 11) is 0. The lowest BCUT2D eigenvalue weighted by atomic mass is 9.35. The number of unbranched alkanes of at least 4 members (excludes halogenated alkanes) is 1. The second-order valence-electron chi connectivity index (χ2n) is 29.5. The van der Waals surface area contributed by atoms with Gasteiger partial charge in [-0.1, -0.05) is 209 Å². The van der Waals surface area contributed by atoms with Crippen molar-refractivity contribution in [2.75, 3.05) is 14.7 Å². The molecular weight excluding hydrogens is 1010 g/mol. The van der Waals surface area contributed by atoms with E-state index in [2.05, 4.69) is 283 Å². The molecule has 0 spiro atoms. The van der Waals surface area contributed by atoms with Gasteiger partial charge in [0.25, 0.3) is 6.71 Å². The van der Waals surface area contributed by atoms with Crippen molar-refractivity contribution >= 4 is 85.5 Å². The number of hydrogen-bond acceptors (Lipinski definition) is 4. The second kappa shape index (κ2) is 19.1. The molecule has 0 saturated heterocycles. The quantitative estimate of drug-likeness (QED) is 0.127. The van der Waals surface area contributed by atoms with Gasteiger partial charge in [-0.25, -0.2) is 0 Å². The molecule has 0 unspecified atom stereocenters. The maximum absolute atomic E-state index is 7.87. The van der Waals surface area contributed by atoms with Gasteiger partial charge >= 0.3 is 0 Å². The third kappa shape index (κ3) is 8.66. The number of furan rings is 1. The molecular formula is C78H86BN3O. The van der Waals surface area contributed by atoms with E-state index < -0.39 is 0 Å². The van der Waals surface area contributed by atoms with Crippen LogP contribution in [0.25, 0.3) is 22.1 Å². The van der Waals surface area contributed by atoms with Gasteiger partial charge in [0.2, 0.25) is 0 Å². The van der Waals surface area contributed by atoms with E-state index in [1.54, 1.807) is 0 Å². The molecule has 8 aromatic carbocycles. The lowest BCUT2D eigenvalue weighted by molar-refractivity contribution is 0.332. The van der Waals surface area contributed by atoms with Crippen molar-refractivity contribution in [2.45, 2.75) is 182 Å². The van der Waals surface area contributed by atoms with Gasteiger partial charge in [-0.05, 0) is 187 Å². The molecule has 0 atom stereocenters. The topological polar surface area (TPSA) is 22.9 Å². The third-order valence-corrected chi connectivity index (χ3v) is 20.2. The van der Waals surface area contributed by atoms with Crippen molar-refractivity contribution in [2.24, 2.45) is 0 Å². The Bertz CT molecular complexity index is 4010. The lowest BCUT2D eigenvalue weighted by Gasteiger charge is -2.45. The van der Waals surface area contributed by atoms with Crippen molar-refractivity contribution in [3.8, 4) is 11.1 Å². The smallest absolute Gasteiger partial charge is 0.297 e. The number of para-hydroxylation sites is 2. The van der Waals surface area contributed by atoms with E-state index in [9.17, 15) is 0 Å². The molecule has 0 radical (unpaired) electrons. The average Bonchev–Trinajstić information content (AvgIpc) is 2.80. The Morgan fingerprint density at radius 3 is 1.81 bits per heavy atom.